The van der Waals surface area contributed by atoms with Crippen LogP contribution in [0.2, 0.25) is 0 Å². The molecule has 2 aromatic carbocycles. The fraction of sp³-hybridized carbons (Fsp3) is 0.407. The van der Waals surface area contributed by atoms with E-state index in [4.69, 9.17) is 0 Å². The van der Waals surface area contributed by atoms with Crippen LogP contribution in [0.4, 0.5) is 13.2 Å². The van der Waals surface area contributed by atoms with Crippen LogP contribution in [0.5, 0.6) is 0 Å². The maximum Gasteiger partial charge on any atom is 0.417 e. The van der Waals surface area contributed by atoms with E-state index in [1.165, 1.54) is 6.07 Å². The molecular formula is C27H32F3N5O3S. The van der Waals surface area contributed by atoms with Crippen molar-refractivity contribution < 1.29 is 26.4 Å². The third-order valence-corrected chi connectivity index (χ3v) is 8.38. The molecule has 4 rings (SSSR count). The van der Waals surface area contributed by atoms with E-state index in [0.29, 0.717) is 5.92 Å². The molecule has 0 spiro atoms. The van der Waals surface area contributed by atoms with E-state index in [-0.39, 0.29) is 45.2 Å². The largest absolute Gasteiger partial charge is 0.417 e. The van der Waals surface area contributed by atoms with E-state index in [9.17, 15) is 26.4 Å². The van der Waals surface area contributed by atoms with Crippen molar-refractivity contribution in [3.8, 4) is 5.69 Å². The number of benzene rings is 2. The molecule has 1 aliphatic rings. The van der Waals surface area contributed by atoms with Gasteiger partial charge in [0, 0.05) is 31.9 Å². The number of hydrogen-bond acceptors (Lipinski definition) is 5. The number of nitrogens with one attached hydrogen (secondary N) is 1. The molecule has 1 fully saturated rings. The van der Waals surface area contributed by atoms with E-state index in [0.717, 1.165) is 46.0 Å². The first kappa shape index (κ1) is 28.8. The highest BCUT2D eigenvalue weighted by molar-refractivity contribution is 7.89. The van der Waals surface area contributed by atoms with Crippen LogP contribution in [0, 0.1) is 5.92 Å². The Morgan fingerprint density at radius 1 is 1.00 bits per heavy atom. The minimum absolute atomic E-state index is 0.0121. The molecule has 0 bridgehead atoms. The first-order valence-electron chi connectivity index (χ1n) is 12.7. The van der Waals surface area contributed by atoms with Gasteiger partial charge < -0.3 is 5.32 Å². The molecule has 1 N–H and O–H groups in total. The molecule has 1 aliphatic heterocycles. The highest BCUT2D eigenvalue weighted by atomic mass is 32.2. The van der Waals surface area contributed by atoms with Crippen molar-refractivity contribution in [2.24, 2.45) is 5.92 Å². The monoisotopic (exact) mass is 563 g/mol. The number of sulfonamides is 1. The number of rotatable bonds is 9. The molecule has 39 heavy (non-hydrogen) atoms. The molecule has 8 nitrogen and oxygen atoms in total. The number of carbonyl (C=O) groups excluding carboxylic acids is 1. The maximum absolute atomic E-state index is 13.4. The Balaban J connectivity index is 1.33. The molecular weight excluding hydrogens is 531 g/mol. The predicted octanol–water partition coefficient (Wildman–Crippen LogP) is 3.71. The summed E-state index contributed by atoms with van der Waals surface area (Å²) in [4.78, 5) is 13.7. The number of hydrogen-bond donors (Lipinski definition) is 1. The molecule has 12 heteroatoms. The van der Waals surface area contributed by atoms with E-state index >= 15 is 0 Å². The lowest BCUT2D eigenvalue weighted by Gasteiger charge is -2.33. The second-order valence-electron chi connectivity index (χ2n) is 9.92. The van der Waals surface area contributed by atoms with Gasteiger partial charge in [-0.15, -0.1) is 0 Å². The lowest BCUT2D eigenvalue weighted by molar-refractivity contribution is -0.140. The molecule has 0 atom stereocenters. The summed E-state index contributed by atoms with van der Waals surface area (Å²) in [6, 6.07) is 15.9. The predicted molar refractivity (Wildman–Crippen MR) is 141 cm³/mol. The normalized spacial score (nSPS) is 15.5. The van der Waals surface area contributed by atoms with Gasteiger partial charge in [0.1, 0.15) is 0 Å². The number of alkyl halides is 3. The van der Waals surface area contributed by atoms with Crippen molar-refractivity contribution in [1.29, 1.82) is 0 Å². The van der Waals surface area contributed by atoms with Crippen LogP contribution in [-0.2, 0) is 34.0 Å². The summed E-state index contributed by atoms with van der Waals surface area (Å²) in [7, 11) is -4.33. The van der Waals surface area contributed by atoms with Crippen LogP contribution in [0.1, 0.15) is 30.8 Å². The van der Waals surface area contributed by atoms with Gasteiger partial charge in [-0.1, -0.05) is 44.2 Å². The van der Waals surface area contributed by atoms with E-state index in [1.54, 1.807) is 4.90 Å². The summed E-state index contributed by atoms with van der Waals surface area (Å²) in [6.45, 7) is 4.97. The minimum atomic E-state index is -4.78. The number of carbonyl (C=O) groups is 1. The summed E-state index contributed by atoms with van der Waals surface area (Å²) in [5.74, 6) is 0.185. The third-order valence-electron chi connectivity index (χ3n) is 6.43. The van der Waals surface area contributed by atoms with Crippen LogP contribution in [0.15, 0.2) is 65.6 Å². The number of halogens is 3. The van der Waals surface area contributed by atoms with Crippen molar-refractivity contribution in [3.05, 3.63) is 77.6 Å². The SMILES string of the molecule is CC(C)Cc1cc(CNC(=O)CN2CCN(S(=O)(=O)c3ccccc3C(F)(F)F)CC2)nn1-c1ccccc1. The van der Waals surface area contributed by atoms with E-state index in [2.05, 4.69) is 24.3 Å². The Kier molecular flexibility index (Phi) is 8.77. The number of piperazine rings is 1. The fourth-order valence-electron chi connectivity index (χ4n) is 4.56. The van der Waals surface area contributed by atoms with Crippen molar-refractivity contribution >= 4 is 15.9 Å². The Hall–Kier alpha value is -3.22. The zero-order valence-electron chi connectivity index (χ0n) is 21.9. The highest BCUT2D eigenvalue weighted by Gasteiger charge is 2.39. The fourth-order valence-corrected chi connectivity index (χ4v) is 6.19. The Labute approximate surface area is 226 Å². The molecule has 0 unspecified atom stereocenters. The van der Waals surface area contributed by atoms with Gasteiger partial charge in [-0.3, -0.25) is 9.69 Å². The van der Waals surface area contributed by atoms with Crippen molar-refractivity contribution in [1.82, 2.24) is 24.3 Å². The van der Waals surface area contributed by atoms with Crippen LogP contribution < -0.4 is 5.32 Å². The lowest BCUT2D eigenvalue weighted by atomic mass is 10.1. The maximum atomic E-state index is 13.4. The van der Waals surface area contributed by atoms with Crippen molar-refractivity contribution in [2.45, 2.75) is 37.9 Å². The molecule has 2 heterocycles. The number of nitrogens with zero attached hydrogens (tertiary/aromatic N) is 4. The van der Waals surface area contributed by atoms with Crippen LogP contribution in [-0.4, -0.2) is 66.0 Å². The average Bonchev–Trinajstić information content (AvgIpc) is 3.30. The van der Waals surface area contributed by atoms with Gasteiger partial charge in [0.15, 0.2) is 0 Å². The summed E-state index contributed by atoms with van der Waals surface area (Å²) >= 11 is 0. The average molecular weight is 564 g/mol. The highest BCUT2D eigenvalue weighted by Crippen LogP contribution is 2.35. The van der Waals surface area contributed by atoms with E-state index in [1.807, 2.05) is 41.1 Å². The summed E-state index contributed by atoms with van der Waals surface area (Å²) in [5, 5.41) is 7.55. The molecule has 0 radical (unpaired) electrons. The molecule has 0 aliphatic carbocycles. The topological polar surface area (TPSA) is 87.5 Å². The van der Waals surface area contributed by atoms with Gasteiger partial charge in [-0.2, -0.15) is 22.6 Å². The third kappa shape index (κ3) is 7.06. The van der Waals surface area contributed by atoms with Crippen LogP contribution >= 0.6 is 0 Å². The molecule has 210 valence electrons. The summed E-state index contributed by atoms with van der Waals surface area (Å²) in [5.41, 5.74) is 1.53. The molecule has 1 amide bonds. The van der Waals surface area contributed by atoms with Crippen LogP contribution in [0.25, 0.3) is 5.69 Å². The van der Waals surface area contributed by atoms with Gasteiger partial charge in [0.25, 0.3) is 0 Å². The first-order chi connectivity index (χ1) is 18.4. The van der Waals surface area contributed by atoms with Gasteiger partial charge in [0.2, 0.25) is 15.9 Å². The van der Waals surface area contributed by atoms with Crippen molar-refractivity contribution in [3.63, 3.8) is 0 Å². The lowest BCUT2D eigenvalue weighted by Crippen LogP contribution is -2.51. The molecule has 1 saturated heterocycles. The van der Waals surface area contributed by atoms with Gasteiger partial charge in [-0.05, 0) is 42.7 Å². The van der Waals surface area contributed by atoms with Crippen molar-refractivity contribution in [2.75, 3.05) is 32.7 Å². The minimum Gasteiger partial charge on any atom is -0.349 e. The molecule has 0 saturated carbocycles. The number of para-hydroxylation sites is 1. The smallest absolute Gasteiger partial charge is 0.349 e. The zero-order chi connectivity index (χ0) is 28.2. The summed E-state index contributed by atoms with van der Waals surface area (Å²) < 4.78 is 69.0. The Morgan fingerprint density at radius 3 is 2.28 bits per heavy atom. The van der Waals surface area contributed by atoms with Gasteiger partial charge >= 0.3 is 6.18 Å². The van der Waals surface area contributed by atoms with Gasteiger partial charge in [-0.25, -0.2) is 13.1 Å². The standard InChI is InChI=1S/C27H32F3N5O3S/c1-20(2)16-23-17-21(32-35(23)22-8-4-3-5-9-22)18-31-26(36)19-33-12-14-34(15-13-33)39(37,38)25-11-7-6-10-24(25)27(28,29)30/h3-11,17,20H,12-16,18-19H2,1-2H3,(H,31,36). The first-order valence-corrected chi connectivity index (χ1v) is 14.2. The van der Waals surface area contributed by atoms with Crippen LogP contribution in [0.3, 0.4) is 0 Å². The summed E-state index contributed by atoms with van der Waals surface area (Å²) in [6.07, 6.45) is -3.95. The number of aromatic nitrogens is 2. The number of amides is 1. The Morgan fingerprint density at radius 2 is 1.64 bits per heavy atom. The molecule has 1 aromatic heterocycles. The second-order valence-corrected chi connectivity index (χ2v) is 11.8. The Bertz CT molecular complexity index is 1380. The molecule has 3 aromatic rings. The quantitative estimate of drug-likeness (QED) is 0.429. The van der Waals surface area contributed by atoms with E-state index < -0.39 is 26.7 Å². The second kappa shape index (κ2) is 11.9. The zero-order valence-corrected chi connectivity index (χ0v) is 22.7. The van der Waals surface area contributed by atoms with Gasteiger partial charge in [0.05, 0.1) is 34.9 Å².